The first-order valence-electron chi connectivity index (χ1n) is 4.61. The summed E-state index contributed by atoms with van der Waals surface area (Å²) in [5.74, 6) is 1.26. The molecule has 0 bridgehead atoms. The minimum absolute atomic E-state index is 0.00972. The van der Waals surface area contributed by atoms with Gasteiger partial charge in [-0.1, -0.05) is 0 Å². The minimum Gasteiger partial charge on any atom is -0.359 e. The van der Waals surface area contributed by atoms with Crippen LogP contribution >= 0.6 is 0 Å². The van der Waals surface area contributed by atoms with E-state index >= 15 is 0 Å². The van der Waals surface area contributed by atoms with Crippen LogP contribution in [0.25, 0.3) is 0 Å². The summed E-state index contributed by atoms with van der Waals surface area (Å²) in [5.41, 5.74) is 6.90. The molecule has 4 heteroatoms. The summed E-state index contributed by atoms with van der Waals surface area (Å²) in [6.07, 6.45) is 0.511. The molecular weight excluding hydrogens is 166 g/mol. The summed E-state index contributed by atoms with van der Waals surface area (Å²) in [4.78, 5) is 15.5. The van der Waals surface area contributed by atoms with Gasteiger partial charge in [-0.3, -0.25) is 9.69 Å². The van der Waals surface area contributed by atoms with Crippen LogP contribution in [0.1, 0.15) is 13.3 Å². The highest BCUT2D eigenvalue weighted by molar-refractivity contribution is 5.85. The highest BCUT2D eigenvalue weighted by Gasteiger charge is 2.37. The van der Waals surface area contributed by atoms with Crippen molar-refractivity contribution in [3.05, 3.63) is 11.4 Å². The molecule has 2 aliphatic heterocycles. The highest BCUT2D eigenvalue weighted by atomic mass is 16.2. The van der Waals surface area contributed by atoms with E-state index in [1.54, 1.807) is 0 Å². The average molecular weight is 181 g/mol. The molecule has 0 spiro atoms. The van der Waals surface area contributed by atoms with Gasteiger partial charge in [-0.05, 0) is 12.5 Å². The van der Waals surface area contributed by atoms with Gasteiger partial charge < -0.3 is 10.6 Å². The molecule has 0 radical (unpaired) electrons. The minimum atomic E-state index is -0.00972. The lowest BCUT2D eigenvalue weighted by Crippen LogP contribution is -2.23. The second-order valence-corrected chi connectivity index (χ2v) is 3.78. The van der Waals surface area contributed by atoms with Crippen LogP contribution in [0.4, 0.5) is 0 Å². The molecule has 72 valence electrons. The van der Waals surface area contributed by atoms with Crippen LogP contribution < -0.4 is 5.73 Å². The number of amides is 1. The third-order valence-electron chi connectivity index (χ3n) is 2.76. The third-order valence-corrected chi connectivity index (χ3v) is 2.76. The number of nitrogens with two attached hydrogens (primary N) is 1. The fourth-order valence-corrected chi connectivity index (χ4v) is 2.03. The van der Waals surface area contributed by atoms with E-state index in [0.29, 0.717) is 6.42 Å². The second kappa shape index (κ2) is 2.73. The Bertz CT molecular complexity index is 283. The van der Waals surface area contributed by atoms with Gasteiger partial charge in [0, 0.05) is 26.2 Å². The first-order valence-corrected chi connectivity index (χ1v) is 4.61. The number of likely N-dealkylation sites (N-methyl/N-ethyl adjacent to an activating group) is 1. The Labute approximate surface area is 78.0 Å². The zero-order valence-electron chi connectivity index (χ0n) is 8.08. The molecule has 0 aromatic carbocycles. The van der Waals surface area contributed by atoms with Crippen LogP contribution in [0.3, 0.4) is 0 Å². The third kappa shape index (κ3) is 1.13. The van der Waals surface area contributed by atoms with E-state index in [1.165, 1.54) is 0 Å². The quantitative estimate of drug-likeness (QED) is 0.605. The first-order chi connectivity index (χ1) is 6.11. The Morgan fingerprint density at radius 1 is 1.46 bits per heavy atom. The molecule has 2 aliphatic rings. The summed E-state index contributed by atoms with van der Waals surface area (Å²) in [7, 11) is 2.01. The van der Waals surface area contributed by atoms with Crippen molar-refractivity contribution in [1.82, 2.24) is 9.80 Å². The van der Waals surface area contributed by atoms with Crippen LogP contribution in [-0.2, 0) is 4.79 Å². The summed E-state index contributed by atoms with van der Waals surface area (Å²) in [6, 6.07) is -0.00972. The molecule has 0 saturated carbocycles. The van der Waals surface area contributed by atoms with Crippen molar-refractivity contribution in [2.75, 3.05) is 20.1 Å². The molecule has 2 N–H and O–H groups in total. The normalized spacial score (nSPS) is 24.4. The van der Waals surface area contributed by atoms with Crippen molar-refractivity contribution in [2.24, 2.45) is 5.73 Å². The Morgan fingerprint density at radius 2 is 2.15 bits per heavy atom. The largest absolute Gasteiger partial charge is 0.359 e. The van der Waals surface area contributed by atoms with Gasteiger partial charge in [0.15, 0.2) is 0 Å². The van der Waals surface area contributed by atoms with E-state index in [-0.39, 0.29) is 11.9 Å². The maximum atomic E-state index is 11.5. The van der Waals surface area contributed by atoms with E-state index in [2.05, 4.69) is 4.90 Å². The maximum Gasteiger partial charge on any atom is 0.232 e. The van der Waals surface area contributed by atoms with Gasteiger partial charge in [0.2, 0.25) is 5.91 Å². The van der Waals surface area contributed by atoms with Gasteiger partial charge in [0.25, 0.3) is 0 Å². The maximum absolute atomic E-state index is 11.5. The van der Waals surface area contributed by atoms with E-state index < -0.39 is 0 Å². The van der Waals surface area contributed by atoms with E-state index in [1.807, 2.05) is 18.9 Å². The Morgan fingerprint density at radius 3 is 2.77 bits per heavy atom. The Hall–Kier alpha value is -1.03. The monoisotopic (exact) mass is 181 g/mol. The van der Waals surface area contributed by atoms with Crippen LogP contribution in [0.5, 0.6) is 0 Å². The lowest BCUT2D eigenvalue weighted by atomic mass is 10.1. The van der Waals surface area contributed by atoms with Crippen molar-refractivity contribution in [1.29, 1.82) is 0 Å². The molecule has 4 nitrogen and oxygen atoms in total. The van der Waals surface area contributed by atoms with E-state index in [0.717, 1.165) is 24.5 Å². The smallest absolute Gasteiger partial charge is 0.232 e. The predicted molar refractivity (Wildman–Crippen MR) is 49.6 cm³/mol. The molecular formula is C9H15N3O. The van der Waals surface area contributed by atoms with Gasteiger partial charge >= 0.3 is 0 Å². The van der Waals surface area contributed by atoms with Gasteiger partial charge in [0.05, 0.1) is 6.42 Å². The zero-order chi connectivity index (χ0) is 9.59. The molecule has 1 fully saturated rings. The fraction of sp³-hybridized carbons (Fsp3) is 0.667. The summed E-state index contributed by atoms with van der Waals surface area (Å²) < 4.78 is 0. The Kier molecular flexibility index (Phi) is 1.80. The van der Waals surface area contributed by atoms with Gasteiger partial charge in [-0.2, -0.15) is 0 Å². The SMILES string of the molecule is CC(N)C1=C2N(C)CCN2C(=O)C1. The van der Waals surface area contributed by atoms with Gasteiger partial charge in [-0.15, -0.1) is 0 Å². The lowest BCUT2D eigenvalue weighted by Gasteiger charge is -2.17. The van der Waals surface area contributed by atoms with Crippen molar-refractivity contribution in [3.63, 3.8) is 0 Å². The second-order valence-electron chi connectivity index (χ2n) is 3.78. The number of rotatable bonds is 1. The van der Waals surface area contributed by atoms with E-state index in [9.17, 15) is 4.79 Å². The topological polar surface area (TPSA) is 49.6 Å². The fourth-order valence-electron chi connectivity index (χ4n) is 2.03. The van der Waals surface area contributed by atoms with Crippen LogP contribution in [0.2, 0.25) is 0 Å². The van der Waals surface area contributed by atoms with E-state index in [4.69, 9.17) is 5.73 Å². The molecule has 0 aliphatic carbocycles. The molecule has 1 atom stereocenters. The zero-order valence-corrected chi connectivity index (χ0v) is 8.08. The van der Waals surface area contributed by atoms with Crippen LogP contribution in [0.15, 0.2) is 11.4 Å². The highest BCUT2D eigenvalue weighted by Crippen LogP contribution is 2.31. The average Bonchev–Trinajstić information content (AvgIpc) is 2.55. The predicted octanol–water partition coefficient (Wildman–Crippen LogP) is -0.277. The summed E-state index contributed by atoms with van der Waals surface area (Å²) in [6.45, 7) is 3.68. The number of hydrogen-bond donors (Lipinski definition) is 1. The van der Waals surface area contributed by atoms with Gasteiger partial charge in [0.1, 0.15) is 5.82 Å². The molecule has 0 aromatic heterocycles. The standard InChI is InChI=1S/C9H15N3O/c1-6(10)7-5-8(13)12-4-3-11(2)9(7)12/h6H,3-5,10H2,1-2H3. The molecule has 13 heavy (non-hydrogen) atoms. The summed E-state index contributed by atoms with van der Waals surface area (Å²) in [5, 5.41) is 0. The first kappa shape index (κ1) is 8.56. The summed E-state index contributed by atoms with van der Waals surface area (Å²) >= 11 is 0. The number of carbonyl (C=O) groups excluding carboxylic acids is 1. The van der Waals surface area contributed by atoms with Crippen molar-refractivity contribution in [3.8, 4) is 0 Å². The Balaban J connectivity index is 2.38. The molecule has 1 amide bonds. The van der Waals surface area contributed by atoms with Crippen molar-refractivity contribution >= 4 is 5.91 Å². The number of carbonyl (C=O) groups is 1. The molecule has 2 rings (SSSR count). The van der Waals surface area contributed by atoms with Gasteiger partial charge in [-0.25, -0.2) is 0 Å². The lowest BCUT2D eigenvalue weighted by molar-refractivity contribution is -0.126. The van der Waals surface area contributed by atoms with Crippen LogP contribution in [-0.4, -0.2) is 41.9 Å². The molecule has 0 aromatic rings. The molecule has 1 saturated heterocycles. The number of hydrogen-bond acceptors (Lipinski definition) is 3. The number of nitrogens with zero attached hydrogens (tertiary/aromatic N) is 2. The number of fused-ring (bicyclic) bond motifs is 1. The van der Waals surface area contributed by atoms with Crippen molar-refractivity contribution in [2.45, 2.75) is 19.4 Å². The van der Waals surface area contributed by atoms with Crippen molar-refractivity contribution < 1.29 is 4.79 Å². The molecule has 2 heterocycles. The molecule has 1 unspecified atom stereocenters. The van der Waals surface area contributed by atoms with Crippen LogP contribution in [0, 0.1) is 0 Å².